The molecule has 6 heteroatoms. The number of hydrogen-bond donors (Lipinski definition) is 0. The highest BCUT2D eigenvalue weighted by atomic mass is 16.2. The molecule has 1 saturated heterocycles. The van der Waals surface area contributed by atoms with Gasteiger partial charge in [0.05, 0.1) is 0 Å². The number of benzene rings is 1. The number of pyridine rings is 2. The Labute approximate surface area is 175 Å². The molecule has 0 unspecified atom stereocenters. The van der Waals surface area contributed by atoms with Crippen LogP contribution in [0.2, 0.25) is 0 Å². The summed E-state index contributed by atoms with van der Waals surface area (Å²) in [6.45, 7) is 3.42. The highest BCUT2D eigenvalue weighted by molar-refractivity contribution is 5.95. The molecule has 4 heterocycles. The van der Waals surface area contributed by atoms with Gasteiger partial charge in [0.1, 0.15) is 0 Å². The first-order valence-electron chi connectivity index (χ1n) is 10.3. The number of fused-ring (bicyclic) bond motifs is 1. The maximum absolute atomic E-state index is 13.0. The number of amides is 1. The van der Waals surface area contributed by atoms with Crippen molar-refractivity contribution in [3.8, 4) is 11.1 Å². The second kappa shape index (κ2) is 7.71. The fourth-order valence-electron chi connectivity index (χ4n) is 4.13. The smallest absolute Gasteiger partial charge is 0.254 e. The highest BCUT2D eigenvalue weighted by Gasteiger charge is 2.28. The average molecular weight is 397 g/mol. The molecular weight excluding hydrogens is 374 g/mol. The number of likely N-dealkylation sites (tertiary alicyclic amines) is 1. The molecule has 3 aromatic heterocycles. The molecular formula is C24H23N5O. The van der Waals surface area contributed by atoms with E-state index in [1.807, 2.05) is 77.3 Å². The standard InChI is InChI=1S/C24H23N5O/c1-17-6-2-3-9-21(17)24(30)28-13-5-8-20(15-28)23-26-22-11-10-19(16-29(22)27-23)18-7-4-12-25-14-18/h2-4,6-7,9-12,14,16,20H,5,8,13,15H2,1H3/t20-/m0/s1. The van der Waals surface area contributed by atoms with Gasteiger partial charge in [-0.3, -0.25) is 9.78 Å². The van der Waals surface area contributed by atoms with Crippen molar-refractivity contribution >= 4 is 11.6 Å². The van der Waals surface area contributed by atoms with Crippen molar-refractivity contribution < 1.29 is 4.79 Å². The summed E-state index contributed by atoms with van der Waals surface area (Å²) in [5, 5.41) is 4.75. The number of carbonyl (C=O) groups is 1. The Bertz CT molecular complexity index is 1200. The summed E-state index contributed by atoms with van der Waals surface area (Å²) in [6, 6.07) is 15.8. The van der Waals surface area contributed by atoms with Gasteiger partial charge < -0.3 is 4.90 Å². The summed E-state index contributed by atoms with van der Waals surface area (Å²) in [7, 11) is 0. The van der Waals surface area contributed by atoms with Gasteiger partial charge in [0.2, 0.25) is 0 Å². The van der Waals surface area contributed by atoms with Gasteiger partial charge in [-0.25, -0.2) is 9.50 Å². The van der Waals surface area contributed by atoms with Gasteiger partial charge in [0, 0.05) is 54.3 Å². The Morgan fingerprint density at radius 1 is 1.07 bits per heavy atom. The van der Waals surface area contributed by atoms with Gasteiger partial charge in [-0.1, -0.05) is 24.3 Å². The van der Waals surface area contributed by atoms with E-state index < -0.39 is 0 Å². The van der Waals surface area contributed by atoms with Crippen LogP contribution in [0.15, 0.2) is 67.1 Å². The zero-order valence-corrected chi connectivity index (χ0v) is 16.9. The third kappa shape index (κ3) is 3.45. The van der Waals surface area contributed by atoms with Gasteiger partial charge in [-0.2, -0.15) is 5.10 Å². The Morgan fingerprint density at radius 2 is 1.97 bits per heavy atom. The Morgan fingerprint density at radius 3 is 2.80 bits per heavy atom. The van der Waals surface area contributed by atoms with Crippen molar-refractivity contribution in [3.05, 3.63) is 84.1 Å². The van der Waals surface area contributed by atoms with Crippen molar-refractivity contribution in [2.24, 2.45) is 0 Å². The second-order valence-electron chi connectivity index (χ2n) is 7.84. The van der Waals surface area contributed by atoms with Crippen LogP contribution in [0.3, 0.4) is 0 Å². The first kappa shape index (κ1) is 18.5. The third-order valence-corrected chi connectivity index (χ3v) is 5.79. The molecule has 0 bridgehead atoms. The molecule has 5 rings (SSSR count). The summed E-state index contributed by atoms with van der Waals surface area (Å²) in [6.07, 6.45) is 7.54. The zero-order valence-electron chi connectivity index (χ0n) is 16.9. The fourth-order valence-corrected chi connectivity index (χ4v) is 4.13. The van der Waals surface area contributed by atoms with Gasteiger partial charge in [0.15, 0.2) is 11.5 Å². The molecule has 1 amide bonds. The van der Waals surface area contributed by atoms with E-state index in [9.17, 15) is 4.79 Å². The number of rotatable bonds is 3. The van der Waals surface area contributed by atoms with Crippen molar-refractivity contribution in [3.63, 3.8) is 0 Å². The Balaban J connectivity index is 1.40. The topological polar surface area (TPSA) is 63.4 Å². The molecule has 150 valence electrons. The van der Waals surface area contributed by atoms with Crippen molar-refractivity contribution in [1.29, 1.82) is 0 Å². The van der Waals surface area contributed by atoms with E-state index in [0.29, 0.717) is 6.54 Å². The van der Waals surface area contributed by atoms with E-state index in [2.05, 4.69) is 4.98 Å². The van der Waals surface area contributed by atoms with E-state index >= 15 is 0 Å². The summed E-state index contributed by atoms with van der Waals surface area (Å²) < 4.78 is 1.83. The van der Waals surface area contributed by atoms with Gasteiger partial charge >= 0.3 is 0 Å². The van der Waals surface area contributed by atoms with Crippen molar-refractivity contribution in [2.75, 3.05) is 13.1 Å². The van der Waals surface area contributed by atoms with Crippen LogP contribution in [-0.2, 0) is 0 Å². The maximum atomic E-state index is 13.0. The molecule has 0 radical (unpaired) electrons. The molecule has 6 nitrogen and oxygen atoms in total. The molecule has 0 N–H and O–H groups in total. The van der Waals surface area contributed by atoms with Gasteiger partial charge in [-0.05, 0) is 49.6 Å². The van der Waals surface area contributed by atoms with Crippen LogP contribution in [-0.4, -0.2) is 43.5 Å². The zero-order chi connectivity index (χ0) is 20.5. The Hall–Kier alpha value is -3.54. The van der Waals surface area contributed by atoms with Crippen molar-refractivity contribution in [2.45, 2.75) is 25.7 Å². The SMILES string of the molecule is Cc1ccccc1C(=O)N1CCC[C@H](c2nc3ccc(-c4cccnc4)cn3n2)C1. The lowest BCUT2D eigenvalue weighted by Crippen LogP contribution is -2.39. The number of nitrogens with zero attached hydrogens (tertiary/aromatic N) is 5. The van der Waals surface area contributed by atoms with Crippen molar-refractivity contribution in [1.82, 2.24) is 24.5 Å². The summed E-state index contributed by atoms with van der Waals surface area (Å²) in [5.74, 6) is 1.05. The minimum absolute atomic E-state index is 0.0976. The molecule has 30 heavy (non-hydrogen) atoms. The third-order valence-electron chi connectivity index (χ3n) is 5.79. The number of aryl methyl sites for hydroxylation is 1. The molecule has 0 saturated carbocycles. The highest BCUT2D eigenvalue weighted by Crippen LogP contribution is 2.27. The largest absolute Gasteiger partial charge is 0.338 e. The lowest BCUT2D eigenvalue weighted by Gasteiger charge is -2.31. The number of aromatic nitrogens is 4. The van der Waals surface area contributed by atoms with Gasteiger partial charge in [-0.15, -0.1) is 0 Å². The summed E-state index contributed by atoms with van der Waals surface area (Å²) in [5.41, 5.74) is 4.71. The molecule has 1 fully saturated rings. The quantitative estimate of drug-likeness (QED) is 0.522. The lowest BCUT2D eigenvalue weighted by atomic mass is 9.96. The van der Waals surface area contributed by atoms with Crippen LogP contribution in [0.4, 0.5) is 0 Å². The maximum Gasteiger partial charge on any atom is 0.254 e. The van der Waals surface area contributed by atoms with Crippen LogP contribution in [0.25, 0.3) is 16.8 Å². The molecule has 0 spiro atoms. The molecule has 1 aromatic carbocycles. The Kier molecular flexibility index (Phi) is 4.75. The molecule has 1 aliphatic heterocycles. The normalized spacial score (nSPS) is 16.7. The second-order valence-corrected chi connectivity index (χ2v) is 7.84. The predicted octanol–water partition coefficient (Wildman–Crippen LogP) is 4.12. The monoisotopic (exact) mass is 397 g/mol. The van der Waals surface area contributed by atoms with Crippen LogP contribution in [0.5, 0.6) is 0 Å². The summed E-state index contributed by atoms with van der Waals surface area (Å²) in [4.78, 5) is 23.9. The van der Waals surface area contributed by atoms with Crippen LogP contribution < -0.4 is 0 Å². The first-order chi connectivity index (χ1) is 14.7. The van der Waals surface area contributed by atoms with E-state index in [0.717, 1.165) is 53.1 Å². The molecule has 1 atom stereocenters. The molecule has 1 aliphatic rings. The molecule has 0 aliphatic carbocycles. The number of carbonyl (C=O) groups excluding carboxylic acids is 1. The van der Waals surface area contributed by atoms with Gasteiger partial charge in [0.25, 0.3) is 5.91 Å². The van der Waals surface area contributed by atoms with Crippen LogP contribution >= 0.6 is 0 Å². The summed E-state index contributed by atoms with van der Waals surface area (Å²) >= 11 is 0. The molecule has 4 aromatic rings. The average Bonchev–Trinajstić information content (AvgIpc) is 3.23. The number of piperidine rings is 1. The lowest BCUT2D eigenvalue weighted by molar-refractivity contribution is 0.0704. The van der Waals surface area contributed by atoms with E-state index in [1.54, 1.807) is 6.20 Å². The minimum atomic E-state index is 0.0976. The fraction of sp³-hybridized carbons (Fsp3) is 0.250. The van der Waals surface area contributed by atoms with E-state index in [4.69, 9.17) is 10.1 Å². The number of hydrogen-bond acceptors (Lipinski definition) is 4. The first-order valence-corrected chi connectivity index (χ1v) is 10.3. The van der Waals surface area contributed by atoms with Crippen LogP contribution in [0, 0.1) is 6.92 Å². The minimum Gasteiger partial charge on any atom is -0.338 e. The van der Waals surface area contributed by atoms with E-state index in [1.165, 1.54) is 0 Å². The van der Waals surface area contributed by atoms with Crippen LogP contribution in [0.1, 0.15) is 40.5 Å². The van der Waals surface area contributed by atoms with E-state index in [-0.39, 0.29) is 11.8 Å². The predicted molar refractivity (Wildman–Crippen MR) is 115 cm³/mol.